The molecule has 0 aliphatic rings. The van der Waals surface area contributed by atoms with E-state index in [1.165, 1.54) is 43.3 Å². The first-order chi connectivity index (χ1) is 24.4. The van der Waals surface area contributed by atoms with Crippen molar-refractivity contribution in [2.75, 3.05) is 0 Å². The highest BCUT2D eigenvalue weighted by Gasteiger charge is 2.18. The van der Waals surface area contributed by atoms with Crippen LogP contribution in [0.4, 0.5) is 0 Å². The number of hydrogen-bond donors (Lipinski definition) is 0. The summed E-state index contributed by atoms with van der Waals surface area (Å²) in [4.78, 5) is 0. The van der Waals surface area contributed by atoms with Crippen LogP contribution in [0.5, 0.6) is 0 Å². The van der Waals surface area contributed by atoms with Gasteiger partial charge >= 0.3 is 0 Å². The summed E-state index contributed by atoms with van der Waals surface area (Å²) in [6.07, 6.45) is 0. The second-order valence-corrected chi connectivity index (χ2v) is 98.3. The molecule has 2 unspecified atom stereocenters. The molecular weight excluding hydrogens is 1020 g/mol. The van der Waals surface area contributed by atoms with Crippen LogP contribution in [0.2, 0.25) is 130 Å². The largest absolute Gasteiger partial charge is 0.390 e. The minimum Gasteiger partial charge on any atom is -0.390 e. The van der Waals surface area contributed by atoms with Gasteiger partial charge in [0, 0.05) is 54.2 Å². The van der Waals surface area contributed by atoms with Gasteiger partial charge in [-0.25, -0.2) is 0 Å². The molecular formula is C22H110N6Si24. The number of hydrogen-bond acceptors (Lipinski definition) is 6. The SMILES string of the molecule is CC[SiH](C)N([SiH2][SiH2]C)[SiH](C)CC.C[SiH2][SiH2]N([SiH2]C)[SiH2]C.C[SiH2][SiH2]N([SiH2]C)[SiH](C)C.C[SiH2][SiH2]N([SiH3])[SiH2]C.C[SiH2][SiH2]N([SiH3])[SiH3].C[SiH2][SiH2]N([SiH](C)C)[SiH](C)C. The molecule has 0 heterocycles. The lowest BCUT2D eigenvalue weighted by molar-refractivity contribution is 0.995. The zero-order chi connectivity index (χ0) is 42.1. The molecule has 0 aliphatic heterocycles. The molecule has 0 aliphatic carbocycles. The molecule has 0 N–H and O–H groups in total. The normalized spacial score (nSPS) is 16.1. The van der Waals surface area contributed by atoms with E-state index >= 15 is 0 Å². The molecule has 30 heteroatoms. The standard InChI is InChI=1S/C7H25NSi4.C5H21NSi4.C4H19NSi4.C3H17NSi4.C2H15NSi4.CH13NSi4/c1-6-11(4)8(10-9-3)12(5)7-2;1-7-8-6(9(2)3)10(4)5;1-6-5(8-7-2)9(3)4;1-5-4(6-2)8-7-3;1-5-3(4)7-6-2;1-5-6-2(3)4/h11-12H,6-7,9-10H2,1-5H3;9-10H,7-8H2,1-5H3;9H,6-8H2,1-4H3;5-8H2,1-3H3;5-7H2,1-2,4H3;5-6H2,1,3-4H3. The van der Waals surface area contributed by atoms with E-state index in [2.05, 4.69) is 155 Å². The summed E-state index contributed by atoms with van der Waals surface area (Å²) < 4.78 is 17.4. The molecule has 0 aromatic rings. The van der Waals surface area contributed by atoms with Crippen LogP contribution in [-0.2, 0) is 0 Å². The van der Waals surface area contributed by atoms with Crippen LogP contribution in [-0.4, -0.2) is 248 Å². The Hall–Kier alpha value is 4.97. The predicted molar refractivity (Wildman–Crippen MR) is 340 cm³/mol. The Morgan fingerprint density at radius 2 is 0.769 bits per heavy atom. The molecule has 0 spiro atoms. The van der Waals surface area contributed by atoms with Gasteiger partial charge < -0.3 is 23.4 Å². The summed E-state index contributed by atoms with van der Waals surface area (Å²) in [7, 11) is 8.57. The van der Waals surface area contributed by atoms with Gasteiger partial charge in [0.05, 0.1) is 170 Å². The minimum absolute atomic E-state index is 0.261. The molecule has 324 valence electrons. The second-order valence-electron chi connectivity index (χ2n) is 15.6. The lowest BCUT2D eigenvalue weighted by Crippen LogP contribution is -2.49. The van der Waals surface area contributed by atoms with Crippen molar-refractivity contribution in [3.05, 3.63) is 0 Å². The molecule has 0 bridgehead atoms. The molecule has 2 atom stereocenters. The first kappa shape index (κ1) is 68.7. The van der Waals surface area contributed by atoms with Gasteiger partial charge in [-0.1, -0.05) is 144 Å². The Bertz CT molecular complexity index is 621. The molecule has 0 aromatic heterocycles. The summed E-state index contributed by atoms with van der Waals surface area (Å²) in [6.45, 7) is 49.4. The Morgan fingerprint density at radius 1 is 0.404 bits per heavy atom. The monoisotopic (exact) mass is 1130 g/mol. The van der Waals surface area contributed by atoms with E-state index in [-0.39, 0.29) is 36.6 Å². The van der Waals surface area contributed by atoms with Gasteiger partial charge in [-0.2, -0.15) is 0 Å². The van der Waals surface area contributed by atoms with Gasteiger partial charge in [0.2, 0.25) is 0 Å². The Kier molecular flexibility index (Phi) is 71.3. The molecule has 0 fully saturated rings. The van der Waals surface area contributed by atoms with E-state index in [0.717, 1.165) is 0 Å². The average molecular weight is 1130 g/mol. The molecule has 0 radical (unpaired) electrons. The topological polar surface area (TPSA) is 19.4 Å². The molecule has 0 amide bonds. The summed E-state index contributed by atoms with van der Waals surface area (Å²) in [6, 6.07) is 3.00. The molecule has 0 rings (SSSR count). The van der Waals surface area contributed by atoms with E-state index in [9.17, 15) is 0 Å². The van der Waals surface area contributed by atoms with E-state index < -0.39 is 17.9 Å². The smallest absolute Gasteiger partial charge is 0.0938 e. The molecule has 52 heavy (non-hydrogen) atoms. The highest BCUT2D eigenvalue weighted by Crippen LogP contribution is 2.05. The van der Waals surface area contributed by atoms with Gasteiger partial charge in [0.1, 0.15) is 0 Å². The predicted octanol–water partition coefficient (Wildman–Crippen LogP) is -10.9. The Morgan fingerprint density at radius 3 is 0.904 bits per heavy atom. The van der Waals surface area contributed by atoms with Crippen molar-refractivity contribution in [3.63, 3.8) is 0 Å². The van der Waals surface area contributed by atoms with Crippen LogP contribution < -0.4 is 0 Å². The first-order valence-corrected chi connectivity index (χ1v) is 83.3. The van der Waals surface area contributed by atoms with Crippen LogP contribution >= 0.6 is 0 Å². The first-order valence-electron chi connectivity index (χ1n) is 22.7. The molecule has 0 aromatic carbocycles. The third kappa shape index (κ3) is 53.0. The maximum absolute atomic E-state index is 3.10. The third-order valence-corrected chi connectivity index (χ3v) is 114. The number of rotatable bonds is 23. The zero-order valence-electron chi connectivity index (χ0n) is 41.3. The molecule has 6 nitrogen and oxygen atoms in total. The van der Waals surface area contributed by atoms with Crippen molar-refractivity contribution in [2.45, 2.75) is 144 Å². The van der Waals surface area contributed by atoms with Crippen molar-refractivity contribution in [1.82, 2.24) is 23.4 Å². The fourth-order valence-corrected chi connectivity index (χ4v) is 121. The number of nitrogens with zero attached hydrogens (tertiary/aromatic N) is 6. The van der Waals surface area contributed by atoms with Gasteiger partial charge in [0.25, 0.3) is 0 Å². The average Bonchev–Trinajstić information content (AvgIpc) is 3.11. The van der Waals surface area contributed by atoms with Gasteiger partial charge in [-0.05, 0) is 0 Å². The lowest BCUT2D eigenvalue weighted by atomic mass is 11.0. The van der Waals surface area contributed by atoms with Gasteiger partial charge in [0.15, 0.2) is 0 Å². The van der Waals surface area contributed by atoms with Gasteiger partial charge in [-0.15, -0.1) is 0 Å². The Labute approximate surface area is 387 Å². The quantitative estimate of drug-likeness (QED) is 0.0943. The van der Waals surface area contributed by atoms with Crippen molar-refractivity contribution >= 4 is 224 Å². The van der Waals surface area contributed by atoms with E-state index in [0.29, 0.717) is 138 Å². The van der Waals surface area contributed by atoms with Crippen LogP contribution in [0.15, 0.2) is 0 Å². The zero-order valence-corrected chi connectivity index (χ0v) is 75.7. The highest BCUT2D eigenvalue weighted by atomic mass is 29.2. The fraction of sp³-hybridized carbons (Fsp3) is 1.00. The van der Waals surface area contributed by atoms with Crippen LogP contribution in [0.1, 0.15) is 13.8 Å². The maximum Gasteiger partial charge on any atom is 0.0938 e. The maximum atomic E-state index is 3.10. The van der Waals surface area contributed by atoms with E-state index in [1.54, 1.807) is 0 Å². The van der Waals surface area contributed by atoms with Gasteiger partial charge in [-0.3, -0.25) is 0 Å². The van der Waals surface area contributed by atoms with Crippen molar-refractivity contribution in [2.24, 2.45) is 0 Å². The highest BCUT2D eigenvalue weighted by molar-refractivity contribution is 7.07. The third-order valence-electron chi connectivity index (χ3n) is 9.50. The van der Waals surface area contributed by atoms with E-state index in [1.807, 2.05) is 0 Å². The lowest BCUT2D eigenvalue weighted by Gasteiger charge is -2.32. The minimum atomic E-state index is -0.398. The van der Waals surface area contributed by atoms with Crippen LogP contribution in [0, 0.1) is 0 Å². The Balaban J connectivity index is -0.000000124. The molecule has 0 saturated carbocycles. The fourth-order valence-electron chi connectivity index (χ4n) is 5.89. The summed E-state index contributed by atoms with van der Waals surface area (Å²) in [5, 5.41) is 0. The summed E-state index contributed by atoms with van der Waals surface area (Å²) >= 11 is 0. The van der Waals surface area contributed by atoms with Crippen molar-refractivity contribution in [1.29, 1.82) is 0 Å². The summed E-state index contributed by atoms with van der Waals surface area (Å²) in [5.74, 6) is 0. The van der Waals surface area contributed by atoms with Crippen molar-refractivity contribution < 1.29 is 0 Å². The van der Waals surface area contributed by atoms with Crippen LogP contribution in [0.25, 0.3) is 0 Å². The van der Waals surface area contributed by atoms with E-state index in [4.69, 9.17) is 0 Å². The van der Waals surface area contributed by atoms with Crippen molar-refractivity contribution in [3.8, 4) is 0 Å². The summed E-state index contributed by atoms with van der Waals surface area (Å²) in [5.41, 5.74) is 0. The van der Waals surface area contributed by atoms with Crippen LogP contribution in [0.3, 0.4) is 0 Å². The second kappa shape index (κ2) is 54.0. The molecule has 0 saturated heterocycles.